The van der Waals surface area contributed by atoms with Crippen molar-refractivity contribution in [1.29, 1.82) is 0 Å². The Kier molecular flexibility index (Phi) is 19.6. The van der Waals surface area contributed by atoms with Crippen molar-refractivity contribution in [2.75, 3.05) is 11.4 Å². The van der Waals surface area contributed by atoms with Crippen molar-refractivity contribution in [2.45, 2.75) is 67.2 Å². The van der Waals surface area contributed by atoms with E-state index < -0.39 is 0 Å². The molecule has 2 aliphatic carbocycles. The van der Waals surface area contributed by atoms with E-state index in [1.807, 2.05) is 13.0 Å². The van der Waals surface area contributed by atoms with Crippen molar-refractivity contribution in [3.63, 3.8) is 0 Å². The van der Waals surface area contributed by atoms with Gasteiger partial charge in [0.1, 0.15) is 0 Å². The Morgan fingerprint density at radius 1 is 0.765 bits per heavy atom. The highest BCUT2D eigenvalue weighted by Gasteiger charge is 2.11. The molecule has 1 atom stereocenters. The van der Waals surface area contributed by atoms with Crippen LogP contribution in [0.25, 0.3) is 33.9 Å². The summed E-state index contributed by atoms with van der Waals surface area (Å²) >= 11 is 0. The second kappa shape index (κ2) is 26.7. The zero-order chi connectivity index (χ0) is 47.9. The molecule has 4 aromatic carbocycles. The fourth-order valence-electron chi connectivity index (χ4n) is 7.99. The summed E-state index contributed by atoms with van der Waals surface area (Å²) in [5, 5.41) is 3.62. The van der Waals surface area contributed by atoms with Crippen LogP contribution < -0.4 is 10.2 Å². The average Bonchev–Trinajstić information content (AvgIpc) is 3.63. The van der Waals surface area contributed by atoms with Gasteiger partial charge in [0.15, 0.2) is 0 Å². The first kappa shape index (κ1) is 50.0. The molecule has 0 saturated heterocycles. The lowest BCUT2D eigenvalue weighted by molar-refractivity contribution is 0.742. The smallest absolute Gasteiger partial charge is 0.0417 e. The lowest BCUT2D eigenvalue weighted by atomic mass is 9.97. The largest absolute Gasteiger partial charge is 0.362 e. The highest BCUT2D eigenvalue weighted by molar-refractivity contribution is 5.79. The first-order valence-corrected chi connectivity index (χ1v) is 24.2. The number of rotatable bonds is 17. The molecule has 0 radical (unpaired) electrons. The van der Waals surface area contributed by atoms with Gasteiger partial charge in [-0.25, -0.2) is 0 Å². The van der Waals surface area contributed by atoms with Crippen molar-refractivity contribution >= 4 is 17.3 Å². The first-order valence-electron chi connectivity index (χ1n) is 24.2. The van der Waals surface area contributed by atoms with Gasteiger partial charge in [0.2, 0.25) is 0 Å². The number of nitrogens with zero attached hydrogens (tertiary/aromatic N) is 1. The average molecular weight is 891 g/mol. The highest BCUT2D eigenvalue weighted by Crippen LogP contribution is 2.29. The van der Waals surface area contributed by atoms with Gasteiger partial charge in [-0.15, -0.1) is 0 Å². The molecule has 6 rings (SSSR count). The fraction of sp³-hybridized carbons (Fsp3) is 0.182. The summed E-state index contributed by atoms with van der Waals surface area (Å²) in [4.78, 5) is 2.36. The SMILES string of the molecule is C=C(/C=C\C)/C(C)=C\CN(/C(C)=C/C=C\C)c1cccc(C2=CC(N/C=C/C=C(C/C=C\c3ccc(-c4ccc(-c5ccccc5)cc4)cc3)/C3=C/C=C(C)/C=C\C(C)C/C=C/C3)=CCC=C2)c1. The predicted molar refractivity (Wildman–Crippen MR) is 300 cm³/mol. The normalized spacial score (nSPS) is 18.9. The van der Waals surface area contributed by atoms with Gasteiger partial charge in [-0.2, -0.15) is 0 Å². The molecule has 0 amide bonds. The van der Waals surface area contributed by atoms with E-state index in [1.54, 1.807) is 0 Å². The maximum absolute atomic E-state index is 4.25. The molecule has 0 saturated carbocycles. The Balaban J connectivity index is 1.21. The molecule has 1 unspecified atom stereocenters. The third-order valence-electron chi connectivity index (χ3n) is 12.2. The molecule has 2 aliphatic rings. The van der Waals surface area contributed by atoms with Crippen LogP contribution in [0.1, 0.15) is 78.4 Å². The lowest BCUT2D eigenvalue weighted by Crippen LogP contribution is -2.21. The molecule has 0 spiro atoms. The van der Waals surface area contributed by atoms with Gasteiger partial charge >= 0.3 is 0 Å². The summed E-state index contributed by atoms with van der Waals surface area (Å²) in [6, 6.07) is 37.1. The van der Waals surface area contributed by atoms with Gasteiger partial charge in [0, 0.05) is 29.8 Å². The van der Waals surface area contributed by atoms with Crippen molar-refractivity contribution in [2.24, 2.45) is 5.92 Å². The Hall–Kier alpha value is -7.42. The third-order valence-corrected chi connectivity index (χ3v) is 12.2. The van der Waals surface area contributed by atoms with E-state index >= 15 is 0 Å². The van der Waals surface area contributed by atoms with E-state index in [1.165, 1.54) is 61.4 Å². The van der Waals surface area contributed by atoms with Gasteiger partial charge in [-0.05, 0) is 158 Å². The van der Waals surface area contributed by atoms with Gasteiger partial charge in [-0.3, -0.25) is 0 Å². The molecule has 2 nitrogen and oxygen atoms in total. The Morgan fingerprint density at radius 2 is 1.49 bits per heavy atom. The molecule has 1 N–H and O–H groups in total. The van der Waals surface area contributed by atoms with Crippen molar-refractivity contribution in [3.8, 4) is 22.3 Å². The number of nitrogens with one attached hydrogen (secondary N) is 1. The van der Waals surface area contributed by atoms with Crippen LogP contribution in [0.15, 0.2) is 271 Å². The van der Waals surface area contributed by atoms with Gasteiger partial charge in [0.25, 0.3) is 0 Å². The van der Waals surface area contributed by atoms with E-state index in [9.17, 15) is 0 Å². The molecule has 4 aromatic rings. The Labute approximate surface area is 409 Å². The van der Waals surface area contributed by atoms with Gasteiger partial charge < -0.3 is 10.2 Å². The second-order valence-electron chi connectivity index (χ2n) is 17.5. The highest BCUT2D eigenvalue weighted by atomic mass is 15.1. The fourth-order valence-corrected chi connectivity index (χ4v) is 7.99. The maximum Gasteiger partial charge on any atom is 0.0417 e. The van der Waals surface area contributed by atoms with E-state index in [0.29, 0.717) is 5.92 Å². The minimum Gasteiger partial charge on any atom is -0.362 e. The summed E-state index contributed by atoms with van der Waals surface area (Å²) < 4.78 is 0. The number of anilines is 1. The summed E-state index contributed by atoms with van der Waals surface area (Å²) in [5.74, 6) is 0.505. The van der Waals surface area contributed by atoms with Crippen LogP contribution in [-0.2, 0) is 0 Å². The second-order valence-corrected chi connectivity index (χ2v) is 17.5. The zero-order valence-electron chi connectivity index (χ0n) is 41.2. The molecule has 0 fully saturated rings. The van der Waals surface area contributed by atoms with Crippen molar-refractivity contribution in [1.82, 2.24) is 5.32 Å². The van der Waals surface area contributed by atoms with Crippen molar-refractivity contribution < 1.29 is 0 Å². The molecule has 68 heavy (non-hydrogen) atoms. The number of hydrogen-bond acceptors (Lipinski definition) is 2. The van der Waals surface area contributed by atoms with Crippen LogP contribution in [0.2, 0.25) is 0 Å². The van der Waals surface area contributed by atoms with E-state index in [2.05, 4.69) is 276 Å². The van der Waals surface area contributed by atoms with Crippen LogP contribution in [0.5, 0.6) is 0 Å². The maximum atomic E-state index is 4.25. The minimum absolute atomic E-state index is 0.505. The predicted octanol–water partition coefficient (Wildman–Crippen LogP) is 18.2. The topological polar surface area (TPSA) is 15.3 Å². The molecular formula is C66H70N2. The van der Waals surface area contributed by atoms with E-state index in [0.717, 1.165) is 54.8 Å². The molecule has 0 aromatic heterocycles. The monoisotopic (exact) mass is 891 g/mol. The first-order chi connectivity index (χ1) is 33.2. The lowest BCUT2D eigenvalue weighted by Gasteiger charge is -2.25. The van der Waals surface area contributed by atoms with Gasteiger partial charge in [-0.1, -0.05) is 213 Å². The van der Waals surface area contributed by atoms with Crippen molar-refractivity contribution in [3.05, 3.63) is 282 Å². The molecule has 2 heteroatoms. The Bertz CT molecular complexity index is 2760. The summed E-state index contributed by atoms with van der Waals surface area (Å²) in [5.41, 5.74) is 17.8. The number of benzene rings is 4. The summed E-state index contributed by atoms with van der Waals surface area (Å²) in [7, 11) is 0. The van der Waals surface area contributed by atoms with Crippen LogP contribution >= 0.6 is 0 Å². The van der Waals surface area contributed by atoms with Gasteiger partial charge in [0.05, 0.1) is 0 Å². The zero-order valence-corrected chi connectivity index (χ0v) is 41.2. The third kappa shape index (κ3) is 15.6. The molecule has 0 aliphatic heterocycles. The molecule has 344 valence electrons. The number of hydrogen-bond donors (Lipinski definition) is 1. The van der Waals surface area contributed by atoms with Crippen LogP contribution in [0.3, 0.4) is 0 Å². The summed E-state index contributed by atoms with van der Waals surface area (Å²) in [6.45, 7) is 17.8. The number of allylic oxidation sites excluding steroid dienone is 25. The van der Waals surface area contributed by atoms with E-state index in [-0.39, 0.29) is 0 Å². The summed E-state index contributed by atoms with van der Waals surface area (Å²) in [6.07, 6.45) is 50.0. The minimum atomic E-state index is 0.505. The van der Waals surface area contributed by atoms with E-state index in [4.69, 9.17) is 0 Å². The van der Waals surface area contributed by atoms with Crippen LogP contribution in [-0.4, -0.2) is 6.54 Å². The molecular weight excluding hydrogens is 821 g/mol. The molecule has 0 bridgehead atoms. The standard InChI is InChI=1S/C66H70N2/c1-8-10-23-55(7)68(48-46-54(6)53(5)21-9-2)66-33-19-30-64(50-66)63-28-16-17-32-65(49-63)67-47-20-31-58(59-27-15-14-22-51(3)34-35-52(4)36-39-59)29-18-24-56-37-40-60(41-38-56)62-44-42-61(43-45-62)57-25-12-11-13-26-57/h8-16,18-21,23-26,28,30-47,49-51,67H,5,17,22,27,29,48H2,1-4,6-7H3/b10-8-,15-14+,21-9-,24-18-,35-34-,47-20+,52-36+,54-46-,55-23+,58-31+,59-39+. The molecule has 0 heterocycles. The quantitative estimate of drug-likeness (QED) is 0.0839. The van der Waals surface area contributed by atoms with Crippen LogP contribution in [0.4, 0.5) is 5.69 Å². The van der Waals surface area contributed by atoms with Crippen LogP contribution in [0, 0.1) is 5.92 Å². The Morgan fingerprint density at radius 3 is 2.22 bits per heavy atom.